The first-order valence-electron chi connectivity index (χ1n) is 10.6. The van der Waals surface area contributed by atoms with E-state index in [1.165, 1.54) is 0 Å². The lowest BCUT2D eigenvalue weighted by Crippen LogP contribution is -2.70. The maximum atomic E-state index is 12.2. The Bertz CT molecular complexity index is 878. The number of carbonyl (C=O) groups excluding carboxylic acids is 1. The van der Waals surface area contributed by atoms with E-state index >= 15 is 0 Å². The Morgan fingerprint density at radius 2 is 1.93 bits per heavy atom. The van der Waals surface area contributed by atoms with Crippen molar-refractivity contribution in [3.63, 3.8) is 0 Å². The van der Waals surface area contributed by atoms with Crippen LogP contribution < -0.4 is 10.1 Å². The summed E-state index contributed by atoms with van der Waals surface area (Å²) in [6.07, 6.45) is 4.09. The molecule has 5 atom stereocenters. The van der Waals surface area contributed by atoms with E-state index in [0.29, 0.717) is 18.0 Å². The topological polar surface area (TPSA) is 78.8 Å². The molecule has 3 N–H and O–H groups in total. The Kier molecular flexibility index (Phi) is 3.55. The zero-order chi connectivity index (χ0) is 20.1. The SMILES string of the molecule is C[C@H]1CC[C@H]2C(C)(C)[C@@H](O)CC[C@]23Oc2c(c(O)cc4c2CNC4=O)C[C@]13C. The number of amides is 1. The Hall–Kier alpha value is -1.75. The fourth-order valence-electron chi connectivity index (χ4n) is 6.95. The number of rotatable bonds is 0. The van der Waals surface area contributed by atoms with Gasteiger partial charge in [-0.25, -0.2) is 0 Å². The third-order valence-corrected chi connectivity index (χ3v) is 9.01. The summed E-state index contributed by atoms with van der Waals surface area (Å²) in [5.41, 5.74) is 1.53. The van der Waals surface area contributed by atoms with Crippen molar-refractivity contribution in [2.45, 2.75) is 78.0 Å². The molecule has 0 unspecified atom stereocenters. The van der Waals surface area contributed by atoms with Gasteiger partial charge in [-0.15, -0.1) is 0 Å². The summed E-state index contributed by atoms with van der Waals surface area (Å²) in [5.74, 6) is 1.44. The third-order valence-electron chi connectivity index (χ3n) is 9.01. The van der Waals surface area contributed by atoms with Crippen molar-refractivity contribution in [3.8, 4) is 11.5 Å². The maximum absolute atomic E-state index is 12.2. The minimum atomic E-state index is -0.381. The van der Waals surface area contributed by atoms with Gasteiger partial charge in [-0.05, 0) is 49.5 Å². The van der Waals surface area contributed by atoms with Crippen molar-refractivity contribution < 1.29 is 19.7 Å². The summed E-state index contributed by atoms with van der Waals surface area (Å²) in [6, 6.07) is 1.61. The Morgan fingerprint density at radius 3 is 2.68 bits per heavy atom. The maximum Gasteiger partial charge on any atom is 0.252 e. The number of carbonyl (C=O) groups is 1. The number of benzene rings is 1. The number of hydrogen-bond acceptors (Lipinski definition) is 4. The predicted molar refractivity (Wildman–Crippen MR) is 105 cm³/mol. The summed E-state index contributed by atoms with van der Waals surface area (Å²) in [5, 5.41) is 24.4. The number of nitrogens with one attached hydrogen (secondary N) is 1. The van der Waals surface area contributed by atoms with Gasteiger partial charge in [0.2, 0.25) is 0 Å². The van der Waals surface area contributed by atoms with Gasteiger partial charge in [0.05, 0.1) is 11.7 Å². The molecule has 0 bridgehead atoms. The predicted octanol–water partition coefficient (Wildman–Crippen LogP) is 3.54. The highest BCUT2D eigenvalue weighted by atomic mass is 16.5. The fraction of sp³-hybridized carbons (Fsp3) is 0.696. The van der Waals surface area contributed by atoms with Gasteiger partial charge in [0.1, 0.15) is 17.1 Å². The molecule has 1 amide bonds. The van der Waals surface area contributed by atoms with Crippen molar-refractivity contribution in [1.82, 2.24) is 5.32 Å². The van der Waals surface area contributed by atoms with Crippen molar-refractivity contribution in [2.24, 2.45) is 22.7 Å². The van der Waals surface area contributed by atoms with Gasteiger partial charge >= 0.3 is 0 Å². The van der Waals surface area contributed by atoms with E-state index < -0.39 is 0 Å². The van der Waals surface area contributed by atoms with Crippen molar-refractivity contribution in [3.05, 3.63) is 22.8 Å². The van der Waals surface area contributed by atoms with Crippen LogP contribution in [0.3, 0.4) is 0 Å². The molecule has 28 heavy (non-hydrogen) atoms. The summed E-state index contributed by atoms with van der Waals surface area (Å²) in [6.45, 7) is 9.43. The summed E-state index contributed by atoms with van der Waals surface area (Å²) < 4.78 is 6.99. The van der Waals surface area contributed by atoms with E-state index in [1.807, 2.05) is 0 Å². The molecule has 2 heterocycles. The Morgan fingerprint density at radius 1 is 1.18 bits per heavy atom. The van der Waals surface area contributed by atoms with Gasteiger partial charge in [0.25, 0.3) is 5.91 Å². The Balaban J connectivity index is 1.73. The molecule has 5 heteroatoms. The van der Waals surface area contributed by atoms with Gasteiger partial charge in [-0.1, -0.05) is 27.7 Å². The number of phenolic OH excluding ortho intramolecular Hbond substituents is 1. The zero-order valence-corrected chi connectivity index (χ0v) is 17.3. The van der Waals surface area contributed by atoms with Crippen LogP contribution in [0.25, 0.3) is 0 Å². The smallest absolute Gasteiger partial charge is 0.252 e. The zero-order valence-electron chi connectivity index (χ0n) is 17.3. The summed E-state index contributed by atoms with van der Waals surface area (Å²) >= 11 is 0. The fourth-order valence-corrected chi connectivity index (χ4v) is 6.95. The summed E-state index contributed by atoms with van der Waals surface area (Å²) in [7, 11) is 0. The molecule has 1 aromatic carbocycles. The van der Waals surface area contributed by atoms with E-state index in [4.69, 9.17) is 4.74 Å². The minimum Gasteiger partial charge on any atom is -0.508 e. The molecular weight excluding hydrogens is 354 g/mol. The lowest BCUT2D eigenvalue weighted by Gasteiger charge is -2.67. The van der Waals surface area contributed by atoms with Crippen molar-refractivity contribution in [2.75, 3.05) is 0 Å². The number of phenols is 1. The molecular formula is C23H31NO4. The number of aromatic hydroxyl groups is 1. The normalized spacial score (nSPS) is 40.5. The second-order valence-electron chi connectivity index (χ2n) is 10.4. The van der Waals surface area contributed by atoms with E-state index in [2.05, 4.69) is 33.0 Å². The third kappa shape index (κ3) is 1.99. The van der Waals surface area contributed by atoms with Crippen LogP contribution in [0.4, 0.5) is 0 Å². The van der Waals surface area contributed by atoms with E-state index in [9.17, 15) is 15.0 Å². The lowest BCUT2D eigenvalue weighted by molar-refractivity contribution is -0.233. The van der Waals surface area contributed by atoms with Gasteiger partial charge < -0.3 is 20.3 Å². The highest BCUT2D eigenvalue weighted by Gasteiger charge is 2.67. The van der Waals surface area contributed by atoms with Crippen LogP contribution in [0.5, 0.6) is 11.5 Å². The number of fused-ring (bicyclic) bond motifs is 3. The van der Waals surface area contributed by atoms with Crippen LogP contribution in [0, 0.1) is 22.7 Å². The first-order valence-corrected chi connectivity index (χ1v) is 10.6. The van der Waals surface area contributed by atoms with Crippen molar-refractivity contribution in [1.29, 1.82) is 0 Å². The molecule has 1 aromatic rings. The molecule has 2 fully saturated rings. The number of hydrogen-bond donors (Lipinski definition) is 3. The standard InChI is InChI=1S/C23H31NO4/c1-12-5-6-17-21(2,3)18(26)7-8-23(17)22(12,4)10-14-16(25)9-13-15(19(14)28-23)11-24-20(13)27/h9,12,17-18,25-26H,5-8,10-11H2,1-4H3,(H,24,27)/t12-,17-,18-,22+,23-/m0/s1. The Labute approximate surface area is 166 Å². The molecule has 2 saturated carbocycles. The molecule has 1 spiro atoms. The second-order valence-corrected chi connectivity index (χ2v) is 10.4. The highest BCUT2D eigenvalue weighted by molar-refractivity contribution is 6.00. The highest BCUT2D eigenvalue weighted by Crippen LogP contribution is 2.66. The van der Waals surface area contributed by atoms with E-state index in [0.717, 1.165) is 49.0 Å². The van der Waals surface area contributed by atoms with E-state index in [-0.39, 0.29) is 40.1 Å². The van der Waals surface area contributed by atoms with Gasteiger partial charge in [0, 0.05) is 29.0 Å². The number of aliphatic hydroxyl groups excluding tert-OH is 1. The molecule has 2 aliphatic carbocycles. The first-order chi connectivity index (χ1) is 13.1. The van der Waals surface area contributed by atoms with Gasteiger partial charge in [0.15, 0.2) is 0 Å². The lowest BCUT2D eigenvalue weighted by atomic mass is 9.43. The van der Waals surface area contributed by atoms with Crippen LogP contribution in [0.15, 0.2) is 6.07 Å². The van der Waals surface area contributed by atoms with Crippen LogP contribution in [-0.4, -0.2) is 27.8 Å². The molecule has 0 radical (unpaired) electrons. The molecule has 4 aliphatic rings. The van der Waals surface area contributed by atoms with Crippen molar-refractivity contribution >= 4 is 5.91 Å². The number of aliphatic hydroxyl groups is 1. The quantitative estimate of drug-likeness (QED) is 0.638. The molecule has 2 aliphatic heterocycles. The van der Waals surface area contributed by atoms with E-state index in [1.54, 1.807) is 6.07 Å². The molecule has 5 nitrogen and oxygen atoms in total. The average molecular weight is 386 g/mol. The minimum absolute atomic E-state index is 0.123. The van der Waals surface area contributed by atoms with Crippen LogP contribution >= 0.6 is 0 Å². The second kappa shape index (κ2) is 5.44. The largest absolute Gasteiger partial charge is 0.508 e. The average Bonchev–Trinajstić information content (AvgIpc) is 3.00. The first kappa shape index (κ1) is 18.3. The molecule has 5 rings (SSSR count). The molecule has 0 saturated heterocycles. The van der Waals surface area contributed by atoms with Gasteiger partial charge in [-0.2, -0.15) is 0 Å². The van der Waals surface area contributed by atoms with Crippen LogP contribution in [0.1, 0.15) is 74.9 Å². The molecule has 0 aromatic heterocycles. The molecule has 152 valence electrons. The van der Waals surface area contributed by atoms with Gasteiger partial charge in [-0.3, -0.25) is 4.79 Å². The number of ether oxygens (including phenoxy) is 1. The summed E-state index contributed by atoms with van der Waals surface area (Å²) in [4.78, 5) is 12.2. The van der Waals surface area contributed by atoms with Crippen LogP contribution in [-0.2, 0) is 13.0 Å². The van der Waals surface area contributed by atoms with Crippen LogP contribution in [0.2, 0.25) is 0 Å². The monoisotopic (exact) mass is 385 g/mol.